The van der Waals surface area contributed by atoms with Crippen LogP contribution < -0.4 is 0 Å². The van der Waals surface area contributed by atoms with Crippen molar-refractivity contribution < 1.29 is 43.9 Å². The third kappa shape index (κ3) is 8.92. The summed E-state index contributed by atoms with van der Waals surface area (Å²) in [6.07, 6.45) is 11.7. The topological polar surface area (TPSA) is 140 Å². The van der Waals surface area contributed by atoms with Gasteiger partial charge >= 0.3 is 11.9 Å². The second-order valence-electron chi connectivity index (χ2n) is 16.0. The van der Waals surface area contributed by atoms with E-state index in [4.69, 9.17) is 24.1 Å². The average molecular weight is 701 g/mol. The summed E-state index contributed by atoms with van der Waals surface area (Å²) in [6.45, 7) is 9.58. The van der Waals surface area contributed by atoms with Gasteiger partial charge in [0.15, 0.2) is 6.79 Å². The van der Waals surface area contributed by atoms with Crippen LogP contribution in [0.3, 0.4) is 0 Å². The molecule has 7 aliphatic carbocycles. The maximum absolute atomic E-state index is 13.2. The first-order valence-electron chi connectivity index (χ1n) is 17.4. The Morgan fingerprint density at radius 3 is 1.80 bits per heavy atom. The number of carbonyl (C=O) groups excluding carboxylic acids is 3. The van der Waals surface area contributed by atoms with Gasteiger partial charge in [0.25, 0.3) is 0 Å². The van der Waals surface area contributed by atoms with Crippen LogP contribution in [-0.4, -0.2) is 73.4 Å². The van der Waals surface area contributed by atoms with Gasteiger partial charge in [0, 0.05) is 14.2 Å². The molecule has 0 aliphatic heterocycles. The normalized spacial score (nSPS) is 38.8. The van der Waals surface area contributed by atoms with Crippen LogP contribution >= 0.6 is 0 Å². The van der Waals surface area contributed by atoms with Crippen LogP contribution in [0.2, 0.25) is 0 Å². The molecule has 0 spiro atoms. The molecule has 9 heteroatoms. The molecule has 9 nitrogen and oxygen atoms in total. The number of carbonyl (C=O) groups is 3. The Morgan fingerprint density at radius 1 is 0.714 bits per heavy atom. The van der Waals surface area contributed by atoms with Crippen LogP contribution in [0.1, 0.15) is 128 Å². The first kappa shape index (κ1) is 47.4. The monoisotopic (exact) mass is 701 g/mol. The number of hydrogen-bond acceptors (Lipinski definition) is 9. The molecule has 49 heavy (non-hydrogen) atoms. The van der Waals surface area contributed by atoms with Crippen molar-refractivity contribution >= 4 is 18.7 Å². The lowest BCUT2D eigenvalue weighted by Crippen LogP contribution is -2.42. The van der Waals surface area contributed by atoms with E-state index in [-0.39, 0.29) is 54.5 Å². The highest BCUT2D eigenvalue weighted by atomic mass is 16.7. The minimum Gasteiger partial charge on any atom is -0.462 e. The van der Waals surface area contributed by atoms with Crippen molar-refractivity contribution in [3.05, 3.63) is 0 Å². The molecule has 14 atom stereocenters. The van der Waals surface area contributed by atoms with Gasteiger partial charge < -0.3 is 34.3 Å². The van der Waals surface area contributed by atoms with Crippen LogP contribution in [0.5, 0.6) is 0 Å². The highest BCUT2D eigenvalue weighted by molar-refractivity contribution is 5.80. The van der Waals surface area contributed by atoms with Gasteiger partial charge in [-0.1, -0.05) is 36.6 Å². The van der Waals surface area contributed by atoms with Crippen molar-refractivity contribution in [1.82, 2.24) is 0 Å². The Kier molecular flexibility index (Phi) is 18.7. The Morgan fingerprint density at radius 2 is 1.24 bits per heavy atom. The van der Waals surface area contributed by atoms with Gasteiger partial charge in [-0.05, 0) is 151 Å². The van der Waals surface area contributed by atoms with E-state index in [9.17, 15) is 19.8 Å². The molecule has 0 radical (unpaired) electrons. The first-order chi connectivity index (χ1) is 21.5. The molecular formula is C40H76O9. The van der Waals surface area contributed by atoms with Gasteiger partial charge in [0.1, 0.15) is 12.9 Å². The summed E-state index contributed by atoms with van der Waals surface area (Å²) in [5, 5.41) is 26.3. The molecule has 7 fully saturated rings. The molecule has 290 valence electrons. The Labute approximate surface area is 299 Å². The predicted octanol–water partition coefficient (Wildman–Crippen LogP) is 7.32. The molecule has 0 amide bonds. The van der Waals surface area contributed by atoms with Crippen molar-refractivity contribution in [2.45, 2.75) is 146 Å². The summed E-state index contributed by atoms with van der Waals surface area (Å²) in [6, 6.07) is 0. The predicted molar refractivity (Wildman–Crippen MR) is 195 cm³/mol. The number of esters is 2. The van der Waals surface area contributed by atoms with Crippen molar-refractivity contribution in [2.24, 2.45) is 70.0 Å². The van der Waals surface area contributed by atoms with E-state index < -0.39 is 23.0 Å². The molecule has 7 aliphatic rings. The first-order valence-corrected chi connectivity index (χ1v) is 17.4. The SMILES string of the molecule is C.C.C.C.C=O.CCC(C)(CC(C)(C)C(=O)OC1CC2CC1C1C3CCC(C3)C21)C(=O)OCOC.CO.OC1CC2C3CCC(C3)C2C1O. The zero-order chi connectivity index (χ0) is 33.3. The zero-order valence-corrected chi connectivity index (χ0v) is 28.5. The van der Waals surface area contributed by atoms with Gasteiger partial charge in [-0.2, -0.15) is 0 Å². The molecule has 0 aromatic carbocycles. The van der Waals surface area contributed by atoms with Crippen molar-refractivity contribution in [2.75, 3.05) is 21.0 Å². The molecule has 6 bridgehead atoms. The van der Waals surface area contributed by atoms with Crippen molar-refractivity contribution in [1.29, 1.82) is 0 Å². The third-order valence-corrected chi connectivity index (χ3v) is 13.4. The summed E-state index contributed by atoms with van der Waals surface area (Å²) in [5.41, 5.74) is -1.46. The smallest absolute Gasteiger partial charge is 0.313 e. The van der Waals surface area contributed by atoms with E-state index in [0.717, 1.165) is 61.4 Å². The van der Waals surface area contributed by atoms with Crippen LogP contribution in [0, 0.1) is 70.0 Å². The number of hydrogen-bond donors (Lipinski definition) is 3. The molecule has 0 saturated heterocycles. The highest BCUT2D eigenvalue weighted by Gasteiger charge is 2.63. The lowest BCUT2D eigenvalue weighted by molar-refractivity contribution is -0.173. The molecule has 0 heterocycles. The minimum atomic E-state index is -0.731. The summed E-state index contributed by atoms with van der Waals surface area (Å²) in [5.74, 6) is 7.13. The van der Waals surface area contributed by atoms with Gasteiger partial charge in [-0.15, -0.1) is 0 Å². The van der Waals surface area contributed by atoms with Crippen LogP contribution in [-0.2, 0) is 28.6 Å². The number of aliphatic hydroxyl groups is 3. The maximum atomic E-state index is 13.2. The van der Waals surface area contributed by atoms with Crippen LogP contribution in [0.25, 0.3) is 0 Å². The van der Waals surface area contributed by atoms with Gasteiger partial charge in [0.2, 0.25) is 0 Å². The van der Waals surface area contributed by atoms with Crippen LogP contribution in [0.4, 0.5) is 0 Å². The lowest BCUT2D eigenvalue weighted by atomic mass is 9.70. The van der Waals surface area contributed by atoms with Gasteiger partial charge in [-0.3, -0.25) is 9.59 Å². The second-order valence-corrected chi connectivity index (χ2v) is 16.0. The fourth-order valence-electron chi connectivity index (χ4n) is 11.6. The number of ether oxygens (including phenoxy) is 3. The summed E-state index contributed by atoms with van der Waals surface area (Å²) < 4.78 is 16.2. The maximum Gasteiger partial charge on any atom is 0.313 e. The third-order valence-electron chi connectivity index (χ3n) is 13.4. The number of methoxy groups -OCH3 is 1. The highest BCUT2D eigenvalue weighted by Crippen LogP contribution is 2.68. The molecule has 14 unspecified atom stereocenters. The molecule has 7 rings (SSSR count). The van der Waals surface area contributed by atoms with Gasteiger partial charge in [0.05, 0.1) is 23.0 Å². The summed E-state index contributed by atoms with van der Waals surface area (Å²) >= 11 is 0. The minimum absolute atomic E-state index is 0. The largest absolute Gasteiger partial charge is 0.462 e. The number of rotatable bonds is 8. The van der Waals surface area contributed by atoms with E-state index in [1.807, 2.05) is 34.5 Å². The number of aliphatic hydroxyl groups excluding tert-OH is 3. The molecule has 7 saturated carbocycles. The fourth-order valence-corrected chi connectivity index (χ4v) is 11.6. The summed E-state index contributed by atoms with van der Waals surface area (Å²) in [7, 11) is 2.49. The van der Waals surface area contributed by atoms with Crippen molar-refractivity contribution in [3.63, 3.8) is 0 Å². The molecule has 0 aromatic rings. The van der Waals surface area contributed by atoms with Crippen molar-refractivity contribution in [3.8, 4) is 0 Å². The molecule has 0 aromatic heterocycles. The second kappa shape index (κ2) is 19.3. The van der Waals surface area contributed by atoms with E-state index in [2.05, 4.69) is 0 Å². The number of fused-ring (bicyclic) bond motifs is 14. The quantitative estimate of drug-likeness (QED) is 0.135. The van der Waals surface area contributed by atoms with Crippen LogP contribution in [0.15, 0.2) is 0 Å². The Bertz CT molecular complexity index is 1020. The average Bonchev–Trinajstić information content (AvgIpc) is 3.90. The summed E-state index contributed by atoms with van der Waals surface area (Å²) in [4.78, 5) is 33.7. The van der Waals surface area contributed by atoms with Gasteiger partial charge in [-0.25, -0.2) is 0 Å². The van der Waals surface area contributed by atoms with E-state index in [1.165, 1.54) is 52.1 Å². The fraction of sp³-hybridized carbons (Fsp3) is 0.925. The molecule has 3 N–H and O–H groups in total. The Balaban J connectivity index is 0.000000970. The Hall–Kier alpha value is -1.55. The van der Waals surface area contributed by atoms with E-state index in [0.29, 0.717) is 30.6 Å². The van der Waals surface area contributed by atoms with E-state index >= 15 is 0 Å². The molecular weight excluding hydrogens is 624 g/mol. The zero-order valence-electron chi connectivity index (χ0n) is 28.5. The van der Waals surface area contributed by atoms with E-state index in [1.54, 1.807) is 0 Å². The lowest BCUT2D eigenvalue weighted by Gasteiger charge is -2.40. The standard InChI is InChI=1S/C24H38O5.C10H16O2.CH4O.CH2O.4CH4/c1-6-24(4,22(26)28-13-27-5)12-23(2,3)21(25)29-18-11-16-10-17(18)20-15-8-7-14(9-15)19(16)20;11-8-4-7-5-1-2-6(3-5)9(7)10(8)12;2*1-2;;;;/h14-20H,6-13H2,1-5H3;5-12H,1-4H2;2H,1H3;1H2;4*1H4.